The maximum atomic E-state index is 12.3. The molecule has 0 amide bonds. The number of carbonyl (C=O) groups excluding carboxylic acids is 1. The molecule has 1 N–H and O–H groups in total. The average molecular weight is 359 g/mol. The molecule has 2 rings (SSSR count). The number of sulfone groups is 1. The Bertz CT molecular complexity index is 900. The second-order valence-corrected chi connectivity index (χ2v) is 7.13. The van der Waals surface area contributed by atoms with Crippen molar-refractivity contribution < 1.29 is 23.1 Å². The molecule has 0 radical (unpaired) electrons. The van der Waals surface area contributed by atoms with Gasteiger partial charge < -0.3 is 5.11 Å². The average Bonchev–Trinajstić information content (AvgIpc) is 2.61. The van der Waals surface area contributed by atoms with E-state index in [1.165, 1.54) is 36.7 Å². The van der Waals surface area contributed by atoms with Crippen LogP contribution in [-0.2, 0) is 14.6 Å². The van der Waals surface area contributed by atoms with Crippen LogP contribution in [0.2, 0.25) is 0 Å². The molecule has 0 fully saturated rings. The van der Waals surface area contributed by atoms with Crippen LogP contribution >= 0.6 is 0 Å². The van der Waals surface area contributed by atoms with Crippen molar-refractivity contribution in [2.45, 2.75) is 24.7 Å². The molecular weight excluding hydrogens is 342 g/mol. The van der Waals surface area contributed by atoms with Gasteiger partial charge in [-0.05, 0) is 42.8 Å². The predicted molar refractivity (Wildman–Crippen MR) is 91.9 cm³/mol. The van der Waals surface area contributed by atoms with E-state index in [1.807, 2.05) is 0 Å². The molecule has 0 aliphatic heterocycles. The molecule has 2 aromatic rings. The fraction of sp³-hybridized carbons (Fsp3) is 0.167. The minimum atomic E-state index is -3.90. The molecule has 1 aromatic heterocycles. The standard InChI is InChI=1S/C18H17NO5S/c1-2-3-15(18(21)22)12-25(23,24)16-6-4-13(5-7-16)17(20)14-8-10-19-11-9-14/h4-12H,2-3H2,1H3,(H,21,22). The van der Waals surface area contributed by atoms with Gasteiger partial charge in [0.2, 0.25) is 0 Å². The van der Waals surface area contributed by atoms with Crippen molar-refractivity contribution in [3.8, 4) is 0 Å². The first-order chi connectivity index (χ1) is 11.8. The van der Waals surface area contributed by atoms with Crippen molar-refractivity contribution in [2.75, 3.05) is 0 Å². The third-order valence-electron chi connectivity index (χ3n) is 3.48. The molecule has 7 heteroatoms. The molecule has 25 heavy (non-hydrogen) atoms. The van der Waals surface area contributed by atoms with Gasteiger partial charge in [-0.2, -0.15) is 0 Å². The van der Waals surface area contributed by atoms with Gasteiger partial charge in [0.1, 0.15) is 0 Å². The number of ketones is 1. The van der Waals surface area contributed by atoms with Crippen molar-refractivity contribution >= 4 is 21.6 Å². The number of carboxylic acid groups (broad SMARTS) is 1. The summed E-state index contributed by atoms with van der Waals surface area (Å²) in [5, 5.41) is 9.85. The number of hydrogen-bond donors (Lipinski definition) is 1. The second kappa shape index (κ2) is 7.85. The van der Waals surface area contributed by atoms with Crippen molar-refractivity contribution in [1.29, 1.82) is 0 Å². The Balaban J connectivity index is 2.31. The number of nitrogens with zero attached hydrogens (tertiary/aromatic N) is 1. The SMILES string of the molecule is CCCC(=CS(=O)(=O)c1ccc(C(=O)c2ccncc2)cc1)C(=O)O. The van der Waals surface area contributed by atoms with E-state index in [1.54, 1.807) is 19.1 Å². The normalized spacial score (nSPS) is 12.0. The van der Waals surface area contributed by atoms with Gasteiger partial charge in [0.05, 0.1) is 4.90 Å². The molecule has 0 saturated heterocycles. The molecule has 130 valence electrons. The number of pyridine rings is 1. The molecule has 0 saturated carbocycles. The van der Waals surface area contributed by atoms with Gasteiger partial charge in [-0.1, -0.05) is 13.3 Å². The van der Waals surface area contributed by atoms with Crippen LogP contribution in [0.4, 0.5) is 0 Å². The summed E-state index contributed by atoms with van der Waals surface area (Å²) in [5.74, 6) is -1.51. The zero-order valence-corrected chi connectivity index (χ0v) is 14.4. The van der Waals surface area contributed by atoms with Crippen LogP contribution in [-0.4, -0.2) is 30.3 Å². The van der Waals surface area contributed by atoms with Crippen LogP contribution in [0.5, 0.6) is 0 Å². The van der Waals surface area contributed by atoms with Crippen molar-refractivity contribution in [3.63, 3.8) is 0 Å². The first kappa shape index (κ1) is 18.5. The van der Waals surface area contributed by atoms with Gasteiger partial charge in [0.25, 0.3) is 0 Å². The lowest BCUT2D eigenvalue weighted by Gasteiger charge is -2.05. The highest BCUT2D eigenvalue weighted by atomic mass is 32.2. The Morgan fingerprint density at radius 2 is 1.60 bits per heavy atom. The van der Waals surface area contributed by atoms with Gasteiger partial charge in [0, 0.05) is 34.5 Å². The summed E-state index contributed by atoms with van der Waals surface area (Å²) in [6.45, 7) is 1.77. The predicted octanol–water partition coefficient (Wildman–Crippen LogP) is 2.85. The van der Waals surface area contributed by atoms with Crippen molar-refractivity contribution in [2.24, 2.45) is 0 Å². The zero-order valence-electron chi connectivity index (χ0n) is 13.5. The topological polar surface area (TPSA) is 101 Å². The largest absolute Gasteiger partial charge is 0.478 e. The molecule has 0 atom stereocenters. The lowest BCUT2D eigenvalue weighted by molar-refractivity contribution is -0.132. The molecule has 1 heterocycles. The van der Waals surface area contributed by atoms with E-state index in [0.717, 1.165) is 5.41 Å². The number of aliphatic carboxylic acids is 1. The van der Waals surface area contributed by atoms with Gasteiger partial charge in [-0.3, -0.25) is 9.78 Å². The minimum Gasteiger partial charge on any atom is -0.478 e. The first-order valence-corrected chi connectivity index (χ1v) is 9.13. The smallest absolute Gasteiger partial charge is 0.332 e. The number of rotatable bonds is 7. The van der Waals surface area contributed by atoms with Crippen LogP contribution < -0.4 is 0 Å². The molecule has 0 spiro atoms. The molecule has 0 aliphatic rings. The first-order valence-electron chi connectivity index (χ1n) is 7.59. The molecule has 0 unspecified atom stereocenters. The summed E-state index contributed by atoms with van der Waals surface area (Å²) in [4.78, 5) is 27.2. The van der Waals surface area contributed by atoms with Crippen molar-refractivity contribution in [1.82, 2.24) is 4.98 Å². The van der Waals surface area contributed by atoms with Crippen LogP contribution in [0.15, 0.2) is 64.7 Å². The molecular formula is C18H17NO5S. The maximum absolute atomic E-state index is 12.3. The minimum absolute atomic E-state index is 0.0615. The Hall–Kier alpha value is -2.80. The van der Waals surface area contributed by atoms with Gasteiger partial charge >= 0.3 is 5.97 Å². The number of aromatic nitrogens is 1. The molecule has 0 bridgehead atoms. The summed E-state index contributed by atoms with van der Waals surface area (Å²) < 4.78 is 24.7. The lowest BCUT2D eigenvalue weighted by atomic mass is 10.1. The fourth-order valence-electron chi connectivity index (χ4n) is 2.21. The monoisotopic (exact) mass is 359 g/mol. The zero-order chi connectivity index (χ0) is 18.4. The summed E-state index contributed by atoms with van der Waals surface area (Å²) in [6, 6.07) is 8.55. The Morgan fingerprint density at radius 3 is 2.12 bits per heavy atom. The molecule has 6 nitrogen and oxygen atoms in total. The van der Waals surface area contributed by atoms with E-state index in [9.17, 15) is 18.0 Å². The Morgan fingerprint density at radius 1 is 1.04 bits per heavy atom. The highest BCUT2D eigenvalue weighted by Gasteiger charge is 2.17. The lowest BCUT2D eigenvalue weighted by Crippen LogP contribution is -2.06. The third kappa shape index (κ3) is 4.60. The second-order valence-electron chi connectivity index (χ2n) is 5.33. The molecule has 1 aromatic carbocycles. The number of hydrogen-bond acceptors (Lipinski definition) is 5. The fourth-order valence-corrected chi connectivity index (χ4v) is 3.45. The summed E-state index contributed by atoms with van der Waals surface area (Å²) in [5.41, 5.74) is 0.613. The molecule has 0 aliphatic carbocycles. The highest BCUT2D eigenvalue weighted by Crippen LogP contribution is 2.18. The quantitative estimate of drug-likeness (QED) is 0.602. The van der Waals surface area contributed by atoms with Crippen LogP contribution in [0, 0.1) is 0 Å². The van der Waals surface area contributed by atoms with Gasteiger partial charge in [0.15, 0.2) is 15.6 Å². The van der Waals surface area contributed by atoms with E-state index in [2.05, 4.69) is 4.98 Å². The Kier molecular flexibility index (Phi) is 5.82. The third-order valence-corrected chi connectivity index (χ3v) is 5.00. The van der Waals surface area contributed by atoms with E-state index in [-0.39, 0.29) is 22.7 Å². The summed E-state index contributed by atoms with van der Waals surface area (Å²) in [6.07, 6.45) is 3.68. The number of benzene rings is 1. The summed E-state index contributed by atoms with van der Waals surface area (Å²) in [7, 11) is -3.90. The Labute approximate surface area is 145 Å². The van der Waals surface area contributed by atoms with Crippen molar-refractivity contribution in [3.05, 3.63) is 70.9 Å². The van der Waals surface area contributed by atoms with Gasteiger partial charge in [-0.25, -0.2) is 13.2 Å². The van der Waals surface area contributed by atoms with Crippen LogP contribution in [0.3, 0.4) is 0 Å². The van der Waals surface area contributed by atoms with E-state index < -0.39 is 15.8 Å². The van der Waals surface area contributed by atoms with Crippen LogP contribution in [0.25, 0.3) is 0 Å². The van der Waals surface area contributed by atoms with Gasteiger partial charge in [-0.15, -0.1) is 0 Å². The van der Waals surface area contributed by atoms with E-state index >= 15 is 0 Å². The van der Waals surface area contributed by atoms with Crippen LogP contribution in [0.1, 0.15) is 35.7 Å². The summed E-state index contributed by atoms with van der Waals surface area (Å²) >= 11 is 0. The highest BCUT2D eigenvalue weighted by molar-refractivity contribution is 7.94. The maximum Gasteiger partial charge on any atom is 0.332 e. The number of carboxylic acids is 1. The van der Waals surface area contributed by atoms with E-state index in [0.29, 0.717) is 17.5 Å². The van der Waals surface area contributed by atoms with E-state index in [4.69, 9.17) is 5.11 Å². The number of carbonyl (C=O) groups is 2.